The maximum atomic E-state index is 9.81. The Morgan fingerprint density at radius 3 is 3.00 bits per heavy atom. The molecule has 1 aliphatic heterocycles. The van der Waals surface area contributed by atoms with Gasteiger partial charge in [0.2, 0.25) is 0 Å². The standard InChI is InChI=1S/C9H18O2S2/c1-11-4-2-3-8(10)9-7-12-5-6-13-9/h8-10H,2-7H2,1H3. The molecule has 0 aromatic heterocycles. The van der Waals surface area contributed by atoms with E-state index in [0.717, 1.165) is 25.2 Å². The molecule has 0 aliphatic carbocycles. The fraction of sp³-hybridized carbons (Fsp3) is 1.00. The maximum absolute atomic E-state index is 9.81. The Kier molecular flexibility index (Phi) is 6.28. The van der Waals surface area contributed by atoms with E-state index in [-0.39, 0.29) is 6.10 Å². The molecule has 2 unspecified atom stereocenters. The highest BCUT2D eigenvalue weighted by Gasteiger charge is 2.21. The van der Waals surface area contributed by atoms with Gasteiger partial charge in [0.15, 0.2) is 0 Å². The van der Waals surface area contributed by atoms with Gasteiger partial charge in [-0.3, -0.25) is 0 Å². The second-order valence-corrected chi connectivity index (χ2v) is 5.68. The molecule has 1 fully saturated rings. The maximum Gasteiger partial charge on any atom is 0.0667 e. The van der Waals surface area contributed by atoms with Crippen LogP contribution in [0.4, 0.5) is 0 Å². The van der Waals surface area contributed by atoms with Crippen LogP contribution >= 0.6 is 23.5 Å². The Hall–Kier alpha value is 0.620. The van der Waals surface area contributed by atoms with Crippen LogP contribution in [0.25, 0.3) is 0 Å². The number of hydrogen-bond acceptors (Lipinski definition) is 4. The smallest absolute Gasteiger partial charge is 0.0667 e. The zero-order valence-electron chi connectivity index (χ0n) is 8.07. The van der Waals surface area contributed by atoms with Crippen molar-refractivity contribution in [2.24, 2.45) is 0 Å². The lowest BCUT2D eigenvalue weighted by atomic mass is 10.1. The van der Waals surface area contributed by atoms with Crippen LogP contribution < -0.4 is 0 Å². The van der Waals surface area contributed by atoms with Gasteiger partial charge >= 0.3 is 0 Å². The van der Waals surface area contributed by atoms with Crippen molar-refractivity contribution in [3.63, 3.8) is 0 Å². The van der Waals surface area contributed by atoms with Gasteiger partial charge in [0.1, 0.15) is 0 Å². The first-order valence-corrected chi connectivity index (χ1v) is 6.91. The Morgan fingerprint density at radius 1 is 1.54 bits per heavy atom. The molecule has 13 heavy (non-hydrogen) atoms. The lowest BCUT2D eigenvalue weighted by Gasteiger charge is -2.25. The third-order valence-electron chi connectivity index (χ3n) is 2.12. The molecule has 1 N–H and O–H groups in total. The highest BCUT2D eigenvalue weighted by molar-refractivity contribution is 8.06. The molecule has 0 aromatic rings. The topological polar surface area (TPSA) is 29.5 Å². The van der Waals surface area contributed by atoms with E-state index >= 15 is 0 Å². The zero-order valence-corrected chi connectivity index (χ0v) is 9.70. The van der Waals surface area contributed by atoms with Gasteiger partial charge in [0.05, 0.1) is 6.10 Å². The van der Waals surface area contributed by atoms with E-state index in [4.69, 9.17) is 4.74 Å². The van der Waals surface area contributed by atoms with Crippen molar-refractivity contribution in [1.82, 2.24) is 0 Å². The second kappa shape index (κ2) is 6.98. The van der Waals surface area contributed by atoms with E-state index in [2.05, 4.69) is 0 Å². The van der Waals surface area contributed by atoms with Crippen LogP contribution in [0.5, 0.6) is 0 Å². The minimum Gasteiger partial charge on any atom is -0.392 e. The van der Waals surface area contributed by atoms with Gasteiger partial charge in [-0.15, -0.1) is 0 Å². The molecule has 78 valence electrons. The predicted octanol–water partition coefficient (Wildman–Crippen LogP) is 1.62. The Bertz CT molecular complexity index is 127. The molecule has 1 saturated heterocycles. The summed E-state index contributed by atoms with van der Waals surface area (Å²) < 4.78 is 4.96. The fourth-order valence-electron chi connectivity index (χ4n) is 1.35. The van der Waals surface area contributed by atoms with Crippen LogP contribution in [0.1, 0.15) is 12.8 Å². The number of thioether (sulfide) groups is 2. The highest BCUT2D eigenvalue weighted by Crippen LogP contribution is 2.27. The van der Waals surface area contributed by atoms with Crippen LogP contribution in [0.15, 0.2) is 0 Å². The second-order valence-electron chi connectivity index (χ2n) is 3.19. The number of aliphatic hydroxyl groups is 1. The Labute approximate surface area is 88.8 Å². The van der Waals surface area contributed by atoms with Crippen LogP contribution in [0.3, 0.4) is 0 Å². The monoisotopic (exact) mass is 222 g/mol. The van der Waals surface area contributed by atoms with Crippen molar-refractivity contribution >= 4 is 23.5 Å². The first kappa shape index (κ1) is 11.7. The lowest BCUT2D eigenvalue weighted by Crippen LogP contribution is -2.28. The molecule has 1 heterocycles. The van der Waals surface area contributed by atoms with Crippen molar-refractivity contribution in [1.29, 1.82) is 0 Å². The Balaban J connectivity index is 2.09. The number of aliphatic hydroxyl groups excluding tert-OH is 1. The lowest BCUT2D eigenvalue weighted by molar-refractivity contribution is 0.136. The molecule has 2 nitrogen and oxygen atoms in total. The van der Waals surface area contributed by atoms with Crippen molar-refractivity contribution in [3.05, 3.63) is 0 Å². The summed E-state index contributed by atoms with van der Waals surface area (Å²) >= 11 is 3.88. The normalized spacial score (nSPS) is 25.8. The fourth-order valence-corrected chi connectivity index (χ4v) is 4.16. The van der Waals surface area contributed by atoms with Crippen molar-refractivity contribution in [2.45, 2.75) is 24.2 Å². The minimum atomic E-state index is -0.132. The summed E-state index contributed by atoms with van der Waals surface area (Å²) in [5, 5.41) is 10.3. The van der Waals surface area contributed by atoms with Crippen molar-refractivity contribution in [2.75, 3.05) is 31.0 Å². The Morgan fingerprint density at radius 2 is 2.38 bits per heavy atom. The van der Waals surface area contributed by atoms with Gasteiger partial charge in [-0.1, -0.05) is 0 Å². The summed E-state index contributed by atoms with van der Waals surface area (Å²) in [6.07, 6.45) is 1.72. The summed E-state index contributed by atoms with van der Waals surface area (Å²) in [5.74, 6) is 3.54. The summed E-state index contributed by atoms with van der Waals surface area (Å²) in [6.45, 7) is 0.765. The first-order chi connectivity index (χ1) is 6.34. The molecule has 0 aromatic carbocycles. The summed E-state index contributed by atoms with van der Waals surface area (Å²) in [6, 6.07) is 0. The molecule has 4 heteroatoms. The zero-order chi connectivity index (χ0) is 9.52. The first-order valence-electron chi connectivity index (χ1n) is 4.71. The third kappa shape index (κ3) is 4.58. The molecule has 0 saturated carbocycles. The van der Waals surface area contributed by atoms with Crippen LogP contribution in [-0.2, 0) is 4.74 Å². The van der Waals surface area contributed by atoms with E-state index in [1.165, 1.54) is 11.5 Å². The molecule has 1 aliphatic rings. The van der Waals surface area contributed by atoms with Gasteiger partial charge in [0, 0.05) is 36.2 Å². The van der Waals surface area contributed by atoms with E-state index < -0.39 is 0 Å². The summed E-state index contributed by atoms with van der Waals surface area (Å²) in [7, 11) is 1.71. The highest BCUT2D eigenvalue weighted by atomic mass is 32.2. The van der Waals surface area contributed by atoms with Crippen molar-refractivity contribution in [3.8, 4) is 0 Å². The van der Waals surface area contributed by atoms with Crippen LogP contribution in [0.2, 0.25) is 0 Å². The molecule has 2 atom stereocenters. The van der Waals surface area contributed by atoms with Gasteiger partial charge < -0.3 is 9.84 Å². The minimum absolute atomic E-state index is 0.132. The average molecular weight is 222 g/mol. The molecule has 0 spiro atoms. The van der Waals surface area contributed by atoms with E-state index in [9.17, 15) is 5.11 Å². The average Bonchev–Trinajstić information content (AvgIpc) is 2.19. The quantitative estimate of drug-likeness (QED) is 0.716. The summed E-state index contributed by atoms with van der Waals surface area (Å²) in [4.78, 5) is 0. The van der Waals surface area contributed by atoms with Crippen LogP contribution in [0, 0.1) is 0 Å². The molecule has 1 rings (SSSR count). The molecule has 0 amide bonds. The van der Waals surface area contributed by atoms with E-state index in [0.29, 0.717) is 5.25 Å². The van der Waals surface area contributed by atoms with Crippen LogP contribution in [-0.4, -0.2) is 47.4 Å². The third-order valence-corrected chi connectivity index (χ3v) is 5.03. The predicted molar refractivity (Wildman–Crippen MR) is 60.7 cm³/mol. The van der Waals surface area contributed by atoms with Gasteiger partial charge in [-0.05, 0) is 12.8 Å². The number of rotatable bonds is 5. The SMILES string of the molecule is COCCCC(O)C1CSCCS1. The van der Waals surface area contributed by atoms with Gasteiger partial charge in [0.25, 0.3) is 0 Å². The van der Waals surface area contributed by atoms with Gasteiger partial charge in [-0.25, -0.2) is 0 Å². The van der Waals surface area contributed by atoms with Gasteiger partial charge in [-0.2, -0.15) is 23.5 Å². The van der Waals surface area contributed by atoms with Crippen molar-refractivity contribution < 1.29 is 9.84 Å². The van der Waals surface area contributed by atoms with E-state index in [1.54, 1.807) is 7.11 Å². The largest absolute Gasteiger partial charge is 0.392 e. The molecule has 0 bridgehead atoms. The number of hydrogen-bond donors (Lipinski definition) is 1. The van der Waals surface area contributed by atoms with E-state index in [1.807, 2.05) is 23.5 Å². The number of methoxy groups -OCH3 is 1. The molecular formula is C9H18O2S2. The molecule has 0 radical (unpaired) electrons. The molecular weight excluding hydrogens is 204 g/mol. The number of ether oxygens (including phenoxy) is 1. The summed E-state index contributed by atoms with van der Waals surface area (Å²) in [5.41, 5.74) is 0.